The molecule has 0 bridgehead atoms. The number of aliphatic hydroxyl groups excluding tert-OH is 1. The van der Waals surface area contributed by atoms with Gasteiger partial charge in [0.15, 0.2) is 0 Å². The molecule has 0 aromatic heterocycles. The van der Waals surface area contributed by atoms with Gasteiger partial charge in [0, 0.05) is 0 Å². The predicted octanol–water partition coefficient (Wildman–Crippen LogP) is -2.99. The molecule has 0 amide bonds. The zero-order valence-electron chi connectivity index (χ0n) is 6.13. The second-order valence-corrected chi connectivity index (χ2v) is 1.95. The molecule has 0 atom stereocenters. The van der Waals surface area contributed by atoms with E-state index in [0.29, 0.717) is 6.61 Å². The summed E-state index contributed by atoms with van der Waals surface area (Å²) in [6, 6.07) is 0. The van der Waals surface area contributed by atoms with Crippen LogP contribution in [0.5, 0.6) is 0 Å². The van der Waals surface area contributed by atoms with Crippen molar-refractivity contribution in [1.29, 1.82) is 0 Å². The van der Waals surface area contributed by atoms with Crippen LogP contribution in [0.4, 0.5) is 4.79 Å². The summed E-state index contributed by atoms with van der Waals surface area (Å²) in [5.41, 5.74) is 0. The van der Waals surface area contributed by atoms with Crippen molar-refractivity contribution in [3.63, 3.8) is 0 Å². The Morgan fingerprint density at radius 2 is 1.90 bits per heavy atom. The van der Waals surface area contributed by atoms with Crippen LogP contribution in [0.15, 0.2) is 0 Å². The minimum atomic E-state index is -2.08. The van der Waals surface area contributed by atoms with Crippen LogP contribution in [-0.4, -0.2) is 43.6 Å². The Bertz CT molecular complexity index is 79.7. The first-order valence-corrected chi connectivity index (χ1v) is 2.80. The maximum Gasteiger partial charge on any atom is 0.249 e. The molecule has 0 radical (unpaired) electrons. The number of rotatable bonds is 2. The van der Waals surface area contributed by atoms with E-state index in [1.165, 1.54) is 4.90 Å². The Kier molecular flexibility index (Phi) is 9.77. The van der Waals surface area contributed by atoms with E-state index in [4.69, 9.17) is 20.1 Å². The topological polar surface area (TPSA) is 85.0 Å². The van der Waals surface area contributed by atoms with Crippen LogP contribution >= 0.6 is 0 Å². The highest BCUT2D eigenvalue weighted by atomic mass is 16.6. The van der Waals surface area contributed by atoms with Crippen molar-refractivity contribution in [3.05, 3.63) is 0 Å². The molecule has 0 spiro atoms. The maximum atomic E-state index is 8.44. The zero-order chi connectivity index (χ0) is 8.57. The van der Waals surface area contributed by atoms with Gasteiger partial charge in [0.2, 0.25) is 6.16 Å². The molecule has 3 N–H and O–H groups in total. The Morgan fingerprint density at radius 3 is 1.90 bits per heavy atom. The summed E-state index contributed by atoms with van der Waals surface area (Å²) in [6.45, 7) is 1.14. The van der Waals surface area contributed by atoms with Gasteiger partial charge in [-0.2, -0.15) is 0 Å². The average molecular weight is 151 g/mol. The van der Waals surface area contributed by atoms with Crippen molar-refractivity contribution >= 4 is 6.16 Å². The number of nitrogens with one attached hydrogen (secondary N) is 1. The lowest BCUT2D eigenvalue weighted by molar-refractivity contribution is -0.858. The highest BCUT2D eigenvalue weighted by molar-refractivity contribution is 5.50. The van der Waals surface area contributed by atoms with E-state index in [0.717, 1.165) is 6.54 Å². The van der Waals surface area contributed by atoms with Gasteiger partial charge < -0.3 is 25.0 Å². The van der Waals surface area contributed by atoms with Crippen LogP contribution in [0, 0.1) is 0 Å². The smallest absolute Gasteiger partial charge is 0.249 e. The predicted molar refractivity (Wildman–Crippen MR) is 32.8 cm³/mol. The third kappa shape index (κ3) is 57.4. The summed E-state index contributed by atoms with van der Waals surface area (Å²) in [4.78, 5) is 9.73. The van der Waals surface area contributed by atoms with E-state index in [9.17, 15) is 0 Å². The summed E-state index contributed by atoms with van der Waals surface area (Å²) in [6.07, 6.45) is -2.08. The fraction of sp³-hybridized carbons (Fsp3) is 0.800. The lowest BCUT2D eigenvalue weighted by Gasteiger charge is -2.00. The largest absolute Gasteiger partial charge is 0.565 e. The van der Waals surface area contributed by atoms with E-state index in [-0.39, 0.29) is 0 Å². The monoisotopic (exact) mass is 151 g/mol. The lowest BCUT2D eigenvalue weighted by atomic mass is 10.6. The summed E-state index contributed by atoms with van der Waals surface area (Å²) in [5, 5.41) is 23.5. The maximum absolute atomic E-state index is 8.44. The lowest BCUT2D eigenvalue weighted by Crippen LogP contribution is -3.06. The molecule has 0 rings (SSSR count). The van der Waals surface area contributed by atoms with E-state index < -0.39 is 6.16 Å². The van der Waals surface area contributed by atoms with E-state index in [1.807, 2.05) is 14.1 Å². The minimum absolute atomic E-state index is 0.294. The van der Waals surface area contributed by atoms with Gasteiger partial charge in [0.05, 0.1) is 20.7 Å². The van der Waals surface area contributed by atoms with Crippen molar-refractivity contribution in [2.24, 2.45) is 0 Å². The molecule has 5 heteroatoms. The summed E-state index contributed by atoms with van der Waals surface area (Å²) in [7, 11) is 4.02. The number of hydrogen-bond acceptors (Lipinski definition) is 3. The van der Waals surface area contributed by atoms with Gasteiger partial charge in [-0.05, 0) is 0 Å². The molecular weight excluding hydrogens is 138 g/mol. The number of aliphatic hydroxyl groups is 1. The first-order valence-electron chi connectivity index (χ1n) is 2.80. The molecule has 0 unspecified atom stereocenters. The Labute approximate surface area is 59.5 Å². The molecule has 0 aromatic carbocycles. The van der Waals surface area contributed by atoms with Crippen LogP contribution < -0.4 is 10.0 Å². The number of likely N-dealkylation sites (N-methyl/N-ethyl adjacent to an activating group) is 1. The second-order valence-electron chi connectivity index (χ2n) is 1.95. The van der Waals surface area contributed by atoms with Gasteiger partial charge >= 0.3 is 0 Å². The standard InChI is InChI=1S/C4H11NO.CH2O3/c1-5(2)3-4-6;2-1(3)4/h6H,3-4H2,1-2H3;(H2,2,3,4). The molecule has 0 heterocycles. The van der Waals surface area contributed by atoms with Crippen molar-refractivity contribution in [2.75, 3.05) is 27.2 Å². The van der Waals surface area contributed by atoms with E-state index >= 15 is 0 Å². The van der Waals surface area contributed by atoms with Gasteiger partial charge in [-0.15, -0.1) is 0 Å². The third-order valence-electron chi connectivity index (χ3n) is 0.612. The third-order valence-corrected chi connectivity index (χ3v) is 0.612. The molecule has 62 valence electrons. The fourth-order valence-corrected chi connectivity index (χ4v) is 0.224. The van der Waals surface area contributed by atoms with Crippen LogP contribution in [0.1, 0.15) is 0 Å². The average Bonchev–Trinajstić information content (AvgIpc) is 1.62. The molecule has 0 aliphatic carbocycles. The van der Waals surface area contributed by atoms with Crippen molar-refractivity contribution in [2.45, 2.75) is 0 Å². The van der Waals surface area contributed by atoms with E-state index in [1.54, 1.807) is 0 Å². The van der Waals surface area contributed by atoms with Gasteiger partial charge in [-0.25, -0.2) is 0 Å². The SMILES string of the molecule is C[NH+](C)CCO.O=C([O-])O. The molecule has 5 nitrogen and oxygen atoms in total. The molecule has 0 aromatic rings. The number of carboxylic acid groups (broad SMARTS) is 2. The first-order chi connectivity index (χ1) is 4.50. The number of hydrogen-bond donors (Lipinski definition) is 3. The molecule has 0 fully saturated rings. The first kappa shape index (κ1) is 11.9. The highest BCUT2D eigenvalue weighted by Gasteiger charge is 1.84. The summed E-state index contributed by atoms with van der Waals surface area (Å²) >= 11 is 0. The Hall–Kier alpha value is -0.810. The number of carbonyl (C=O) groups is 1. The quantitative estimate of drug-likeness (QED) is 0.393. The van der Waals surface area contributed by atoms with Crippen LogP contribution in [0.25, 0.3) is 0 Å². The molecule has 10 heavy (non-hydrogen) atoms. The van der Waals surface area contributed by atoms with Gasteiger partial charge in [0.25, 0.3) is 0 Å². The Morgan fingerprint density at radius 1 is 1.60 bits per heavy atom. The summed E-state index contributed by atoms with van der Waals surface area (Å²) < 4.78 is 0. The van der Waals surface area contributed by atoms with Crippen molar-refractivity contribution < 1.29 is 25.0 Å². The zero-order valence-corrected chi connectivity index (χ0v) is 6.13. The number of quaternary nitrogens is 1. The van der Waals surface area contributed by atoms with Crippen LogP contribution in [0.3, 0.4) is 0 Å². The second kappa shape index (κ2) is 8.19. The highest BCUT2D eigenvalue weighted by Crippen LogP contribution is 1.35. The molecule has 0 saturated heterocycles. The fourth-order valence-electron chi connectivity index (χ4n) is 0.224. The molecular formula is C5H13NO4. The van der Waals surface area contributed by atoms with Gasteiger partial charge in [0.1, 0.15) is 6.54 Å². The normalized spacial score (nSPS) is 8.40. The van der Waals surface area contributed by atoms with Crippen LogP contribution in [-0.2, 0) is 0 Å². The van der Waals surface area contributed by atoms with Crippen molar-refractivity contribution in [3.8, 4) is 0 Å². The molecule has 0 aliphatic heterocycles. The van der Waals surface area contributed by atoms with Gasteiger partial charge in [-0.1, -0.05) is 0 Å². The summed E-state index contributed by atoms with van der Waals surface area (Å²) in [5.74, 6) is 0. The van der Waals surface area contributed by atoms with Crippen molar-refractivity contribution in [1.82, 2.24) is 0 Å². The van der Waals surface area contributed by atoms with Gasteiger partial charge in [-0.3, -0.25) is 0 Å². The molecule has 0 saturated carbocycles. The minimum Gasteiger partial charge on any atom is -0.565 e. The van der Waals surface area contributed by atoms with E-state index in [2.05, 4.69) is 0 Å². The Balaban J connectivity index is 0. The van der Waals surface area contributed by atoms with Crippen LogP contribution in [0.2, 0.25) is 0 Å². The molecule has 0 aliphatic rings.